The molecule has 2 atom stereocenters. The maximum absolute atomic E-state index is 13.1. The van der Waals surface area contributed by atoms with Crippen LogP contribution in [0.25, 0.3) is 0 Å². The average molecular weight is 427 g/mol. The van der Waals surface area contributed by atoms with Crippen LogP contribution in [0.3, 0.4) is 0 Å². The Morgan fingerprint density at radius 2 is 1.94 bits per heavy atom. The average Bonchev–Trinajstić information content (AvgIpc) is 3.27. The highest BCUT2D eigenvalue weighted by Crippen LogP contribution is 2.36. The fraction of sp³-hybridized carbons (Fsp3) is 0.429. The molecule has 1 aromatic carbocycles. The smallest absolute Gasteiger partial charge is 0.338 e. The van der Waals surface area contributed by atoms with Gasteiger partial charge >= 0.3 is 12.0 Å². The summed E-state index contributed by atoms with van der Waals surface area (Å²) in [7, 11) is 1.62. The van der Waals surface area contributed by atoms with Crippen LogP contribution in [-0.4, -0.2) is 82.7 Å². The Bertz CT molecular complexity index is 973. The number of nitrogens with zero attached hydrogens (tertiary/aromatic N) is 5. The van der Waals surface area contributed by atoms with Gasteiger partial charge in [-0.1, -0.05) is 0 Å². The molecule has 4 rings (SSSR count). The number of urea groups is 1. The molecule has 10 nitrogen and oxygen atoms in total. The maximum Gasteiger partial charge on any atom is 0.338 e. The second-order valence-electron chi connectivity index (χ2n) is 7.53. The lowest BCUT2D eigenvalue weighted by molar-refractivity contribution is -0.136. The number of amides is 3. The van der Waals surface area contributed by atoms with Crippen LogP contribution in [0.2, 0.25) is 0 Å². The predicted molar refractivity (Wildman–Crippen MR) is 112 cm³/mol. The van der Waals surface area contributed by atoms with Gasteiger partial charge in [-0.05, 0) is 44.5 Å². The Balaban J connectivity index is 1.62. The quantitative estimate of drug-likeness (QED) is 0.680. The van der Waals surface area contributed by atoms with Crippen LogP contribution < -0.4 is 4.90 Å². The third kappa shape index (κ3) is 3.32. The molecule has 10 heteroatoms. The number of rotatable bonds is 6. The summed E-state index contributed by atoms with van der Waals surface area (Å²) in [6.45, 7) is 4.02. The van der Waals surface area contributed by atoms with Gasteiger partial charge in [0.15, 0.2) is 12.2 Å². The molecule has 0 bridgehead atoms. The summed E-state index contributed by atoms with van der Waals surface area (Å²) in [6, 6.07) is 5.88. The zero-order valence-electron chi connectivity index (χ0n) is 17.7. The molecule has 2 unspecified atom stereocenters. The number of anilines is 1. The minimum atomic E-state index is -0.657. The number of guanidine groups is 1. The fourth-order valence-electron chi connectivity index (χ4n) is 4.07. The Kier molecular flexibility index (Phi) is 5.40. The molecular formula is C21H25N5O5. The topological polar surface area (TPSA) is 106 Å². The molecule has 3 amide bonds. The monoisotopic (exact) mass is 427 g/mol. The van der Waals surface area contributed by atoms with E-state index in [2.05, 4.69) is 0 Å². The number of fused-ring (bicyclic) bond motifs is 3. The molecule has 0 aromatic heterocycles. The van der Waals surface area contributed by atoms with Crippen molar-refractivity contribution in [3.8, 4) is 0 Å². The fourth-order valence-corrected chi connectivity index (χ4v) is 4.07. The molecular weight excluding hydrogens is 402 g/mol. The van der Waals surface area contributed by atoms with E-state index in [1.807, 2.05) is 18.0 Å². The molecule has 0 spiro atoms. The molecule has 3 aliphatic rings. The van der Waals surface area contributed by atoms with Gasteiger partial charge < -0.3 is 19.6 Å². The number of benzene rings is 1. The van der Waals surface area contributed by atoms with E-state index in [4.69, 9.17) is 14.8 Å². The molecule has 1 saturated heterocycles. The van der Waals surface area contributed by atoms with Crippen molar-refractivity contribution in [2.45, 2.75) is 32.5 Å². The summed E-state index contributed by atoms with van der Waals surface area (Å²) < 4.78 is 5.03. The first-order valence-corrected chi connectivity index (χ1v) is 10.2. The van der Waals surface area contributed by atoms with Crippen molar-refractivity contribution in [3.05, 3.63) is 41.7 Å². The predicted octanol–water partition coefficient (Wildman–Crippen LogP) is 1.19. The molecule has 164 valence electrons. The molecule has 1 fully saturated rings. The van der Waals surface area contributed by atoms with Crippen LogP contribution >= 0.6 is 0 Å². The van der Waals surface area contributed by atoms with Crippen LogP contribution in [-0.2, 0) is 9.53 Å². The number of hydrogen-bond donors (Lipinski definition) is 1. The van der Waals surface area contributed by atoms with Gasteiger partial charge in [0.25, 0.3) is 5.91 Å². The van der Waals surface area contributed by atoms with Crippen LogP contribution in [0.5, 0.6) is 0 Å². The van der Waals surface area contributed by atoms with Gasteiger partial charge in [0.05, 0.1) is 12.2 Å². The summed E-state index contributed by atoms with van der Waals surface area (Å²) >= 11 is 0. The van der Waals surface area contributed by atoms with E-state index < -0.39 is 18.2 Å². The van der Waals surface area contributed by atoms with Gasteiger partial charge in [0.2, 0.25) is 5.96 Å². The SMILES string of the molecule is CCOC(=O)c1ccc(N2C(C)=CN3C2=NC2C3C(=O)N(CCCO)C(=O)N2C)cc1. The van der Waals surface area contributed by atoms with Gasteiger partial charge in [-0.2, -0.15) is 0 Å². The van der Waals surface area contributed by atoms with Crippen LogP contribution in [0.4, 0.5) is 10.5 Å². The lowest BCUT2D eigenvalue weighted by Gasteiger charge is -2.40. The lowest BCUT2D eigenvalue weighted by atomic mass is 10.1. The van der Waals surface area contributed by atoms with E-state index in [1.165, 1.54) is 9.80 Å². The van der Waals surface area contributed by atoms with Crippen LogP contribution in [0, 0.1) is 0 Å². The molecule has 1 N–H and O–H groups in total. The summed E-state index contributed by atoms with van der Waals surface area (Å²) in [5, 5.41) is 9.11. The first-order valence-electron chi connectivity index (χ1n) is 10.2. The second-order valence-corrected chi connectivity index (χ2v) is 7.53. The van der Waals surface area contributed by atoms with Gasteiger partial charge in [-0.15, -0.1) is 0 Å². The number of allylic oxidation sites excluding steroid dienone is 1. The van der Waals surface area contributed by atoms with Crippen LogP contribution in [0.15, 0.2) is 41.2 Å². The van der Waals surface area contributed by atoms with E-state index in [-0.39, 0.29) is 25.0 Å². The third-order valence-corrected chi connectivity index (χ3v) is 5.56. The van der Waals surface area contributed by atoms with E-state index in [0.717, 1.165) is 11.4 Å². The Morgan fingerprint density at radius 1 is 1.23 bits per heavy atom. The Hall–Kier alpha value is -3.40. The van der Waals surface area contributed by atoms with Gasteiger partial charge in [-0.3, -0.25) is 14.6 Å². The van der Waals surface area contributed by atoms with E-state index in [0.29, 0.717) is 24.6 Å². The van der Waals surface area contributed by atoms with Crippen molar-refractivity contribution in [1.29, 1.82) is 0 Å². The van der Waals surface area contributed by atoms with E-state index in [1.54, 1.807) is 43.1 Å². The van der Waals surface area contributed by atoms with Crippen molar-refractivity contribution in [1.82, 2.24) is 14.7 Å². The Morgan fingerprint density at radius 3 is 2.58 bits per heavy atom. The Labute approximate surface area is 180 Å². The number of aliphatic hydroxyl groups excluding tert-OH is 1. The lowest BCUT2D eigenvalue weighted by Crippen LogP contribution is -2.64. The first-order chi connectivity index (χ1) is 14.9. The van der Waals surface area contributed by atoms with Crippen LogP contribution in [0.1, 0.15) is 30.6 Å². The summed E-state index contributed by atoms with van der Waals surface area (Å²) in [4.78, 5) is 48.7. The van der Waals surface area contributed by atoms with Gasteiger partial charge in [0, 0.05) is 37.8 Å². The van der Waals surface area contributed by atoms with E-state index in [9.17, 15) is 14.4 Å². The molecule has 3 aliphatic heterocycles. The van der Waals surface area contributed by atoms with Crippen molar-refractivity contribution in [2.24, 2.45) is 4.99 Å². The summed E-state index contributed by atoms with van der Waals surface area (Å²) in [5.74, 6) is -0.167. The van der Waals surface area contributed by atoms with E-state index >= 15 is 0 Å². The zero-order chi connectivity index (χ0) is 22.3. The molecule has 0 saturated carbocycles. The largest absolute Gasteiger partial charge is 0.462 e. The molecule has 0 aliphatic carbocycles. The highest BCUT2D eigenvalue weighted by Gasteiger charge is 2.54. The highest BCUT2D eigenvalue weighted by molar-refractivity contribution is 6.10. The third-order valence-electron chi connectivity index (χ3n) is 5.56. The van der Waals surface area contributed by atoms with Crippen molar-refractivity contribution >= 4 is 29.6 Å². The zero-order valence-corrected chi connectivity index (χ0v) is 17.7. The van der Waals surface area contributed by atoms with Gasteiger partial charge in [-0.25, -0.2) is 14.6 Å². The number of esters is 1. The minimum absolute atomic E-state index is 0.102. The number of likely N-dealkylation sites (N-methyl/N-ethyl adjacent to an activating group) is 1. The van der Waals surface area contributed by atoms with Crippen molar-refractivity contribution in [2.75, 3.05) is 31.7 Å². The normalized spacial score (nSPS) is 22.5. The highest BCUT2D eigenvalue weighted by atomic mass is 16.5. The standard InChI is InChI=1S/C21H25N5O5/c1-4-31-19(29)14-6-8-15(9-7-14)26-13(2)12-25-16-17(22-20(25)26)23(3)21(30)24(18(16)28)10-5-11-27/h6-9,12,16-17,27H,4-5,10-11H2,1-3H3. The van der Waals surface area contributed by atoms with Crippen molar-refractivity contribution < 1.29 is 24.2 Å². The molecule has 3 heterocycles. The first kappa shape index (κ1) is 20.9. The summed E-state index contributed by atoms with van der Waals surface area (Å²) in [6.07, 6.45) is 1.53. The minimum Gasteiger partial charge on any atom is -0.462 e. The molecule has 0 radical (unpaired) electrons. The number of hydrogen-bond acceptors (Lipinski definition) is 8. The molecule has 1 aromatic rings. The summed E-state index contributed by atoms with van der Waals surface area (Å²) in [5.41, 5.74) is 2.08. The second kappa shape index (κ2) is 8.03. The number of carbonyl (C=O) groups excluding carboxylic acids is 3. The maximum atomic E-state index is 13.1. The number of ether oxygens (including phenoxy) is 1. The number of carbonyl (C=O) groups is 3. The molecule has 31 heavy (non-hydrogen) atoms. The number of aliphatic imine (C=N–C) groups is 1. The van der Waals surface area contributed by atoms with Crippen molar-refractivity contribution in [3.63, 3.8) is 0 Å². The van der Waals surface area contributed by atoms with Gasteiger partial charge in [0.1, 0.15) is 0 Å². The number of imide groups is 1. The number of aliphatic hydroxyl groups is 1.